The highest BCUT2D eigenvalue weighted by Crippen LogP contribution is 2.29. The molecule has 1 aromatic heterocycles. The van der Waals surface area contributed by atoms with Crippen molar-refractivity contribution in [1.82, 2.24) is 9.47 Å². The lowest BCUT2D eigenvalue weighted by Gasteiger charge is -2.27. The summed E-state index contributed by atoms with van der Waals surface area (Å²) in [5.41, 5.74) is 0.752. The van der Waals surface area contributed by atoms with Gasteiger partial charge >= 0.3 is 5.97 Å². The summed E-state index contributed by atoms with van der Waals surface area (Å²) in [4.78, 5) is 25.5. The number of morpholine rings is 1. The summed E-state index contributed by atoms with van der Waals surface area (Å²) in [6.45, 7) is 2.27. The minimum atomic E-state index is -1.06. The van der Waals surface area contributed by atoms with Crippen molar-refractivity contribution >= 4 is 34.4 Å². The fraction of sp³-hybridized carbons (Fsp3) is 0.333. The maximum atomic E-state index is 12.3. The molecule has 2 aromatic rings. The lowest BCUT2D eigenvalue weighted by Crippen LogP contribution is -2.42. The predicted octanol–water partition coefficient (Wildman–Crippen LogP) is 1.85. The number of carboxylic acids is 1. The first-order chi connectivity index (χ1) is 10.6. The number of fused-ring (bicyclic) bond motifs is 1. The van der Waals surface area contributed by atoms with Gasteiger partial charge in [-0.1, -0.05) is 17.7 Å². The number of carboxylic acid groups (broad SMARTS) is 1. The van der Waals surface area contributed by atoms with Crippen LogP contribution in [0.5, 0.6) is 0 Å². The molecular formula is C15H15ClN2O4. The zero-order chi connectivity index (χ0) is 15.7. The molecule has 0 spiro atoms. The third-order valence-electron chi connectivity index (χ3n) is 3.76. The van der Waals surface area contributed by atoms with E-state index in [0.717, 1.165) is 0 Å². The average Bonchev–Trinajstić information content (AvgIpc) is 2.89. The molecule has 22 heavy (non-hydrogen) atoms. The van der Waals surface area contributed by atoms with Crippen molar-refractivity contribution in [3.8, 4) is 0 Å². The molecule has 0 radical (unpaired) electrons. The summed E-state index contributed by atoms with van der Waals surface area (Å²) >= 11 is 6.12. The van der Waals surface area contributed by atoms with E-state index < -0.39 is 5.97 Å². The number of aromatic nitrogens is 1. The molecular weight excluding hydrogens is 308 g/mol. The molecule has 1 aromatic carbocycles. The van der Waals surface area contributed by atoms with Crippen LogP contribution in [0.4, 0.5) is 0 Å². The Morgan fingerprint density at radius 3 is 2.68 bits per heavy atom. The number of rotatable bonds is 3. The van der Waals surface area contributed by atoms with Crippen molar-refractivity contribution in [1.29, 1.82) is 0 Å². The normalized spacial score (nSPS) is 15.2. The summed E-state index contributed by atoms with van der Waals surface area (Å²) in [7, 11) is 0. The number of nitrogens with zero attached hydrogens (tertiary/aromatic N) is 2. The fourth-order valence-electron chi connectivity index (χ4n) is 2.66. The monoisotopic (exact) mass is 322 g/mol. The van der Waals surface area contributed by atoms with Crippen LogP contribution in [0.15, 0.2) is 24.4 Å². The minimum absolute atomic E-state index is 0.0582. The van der Waals surface area contributed by atoms with Crippen molar-refractivity contribution in [2.75, 3.05) is 26.3 Å². The number of ether oxygens (including phenoxy) is 1. The molecule has 1 saturated heterocycles. The number of hydrogen-bond donors (Lipinski definition) is 1. The molecule has 0 atom stereocenters. The summed E-state index contributed by atoms with van der Waals surface area (Å²) < 4.78 is 6.87. The summed E-state index contributed by atoms with van der Waals surface area (Å²) in [5, 5.41) is 10.2. The largest absolute Gasteiger partial charge is 0.478 e. The van der Waals surface area contributed by atoms with E-state index in [0.29, 0.717) is 42.2 Å². The molecule has 3 rings (SSSR count). The van der Waals surface area contributed by atoms with Gasteiger partial charge in [-0.3, -0.25) is 4.79 Å². The second kappa shape index (κ2) is 5.98. The van der Waals surface area contributed by atoms with Gasteiger partial charge in [0.15, 0.2) is 0 Å². The molecule has 1 N–H and O–H groups in total. The molecule has 1 aliphatic rings. The zero-order valence-corrected chi connectivity index (χ0v) is 12.5. The van der Waals surface area contributed by atoms with Gasteiger partial charge in [0, 0.05) is 24.7 Å². The van der Waals surface area contributed by atoms with Crippen LogP contribution in [0.3, 0.4) is 0 Å². The second-order valence-corrected chi connectivity index (χ2v) is 5.51. The Hall–Kier alpha value is -2.05. The number of amides is 1. The fourth-order valence-corrected chi connectivity index (χ4v) is 2.93. The topological polar surface area (TPSA) is 71.8 Å². The van der Waals surface area contributed by atoms with Crippen molar-refractivity contribution in [2.24, 2.45) is 0 Å². The second-order valence-electron chi connectivity index (χ2n) is 5.10. The van der Waals surface area contributed by atoms with E-state index in [9.17, 15) is 14.7 Å². The maximum Gasteiger partial charge on any atom is 0.337 e. The van der Waals surface area contributed by atoms with Gasteiger partial charge in [0.2, 0.25) is 5.91 Å². The first-order valence-electron chi connectivity index (χ1n) is 6.94. The summed E-state index contributed by atoms with van der Waals surface area (Å²) in [6, 6.07) is 5.15. The Kier molecular flexibility index (Phi) is 4.04. The van der Waals surface area contributed by atoms with E-state index >= 15 is 0 Å². The third-order valence-corrected chi connectivity index (χ3v) is 4.07. The van der Waals surface area contributed by atoms with E-state index in [4.69, 9.17) is 16.3 Å². The summed E-state index contributed by atoms with van der Waals surface area (Å²) in [6.07, 6.45) is 1.47. The van der Waals surface area contributed by atoms with E-state index in [1.807, 2.05) is 0 Å². The van der Waals surface area contributed by atoms with Crippen molar-refractivity contribution in [3.63, 3.8) is 0 Å². The van der Waals surface area contributed by atoms with Crippen LogP contribution < -0.4 is 0 Å². The van der Waals surface area contributed by atoms with E-state index in [2.05, 4.69) is 0 Å². The number of halogens is 1. The molecule has 1 amide bonds. The van der Waals surface area contributed by atoms with Crippen LogP contribution >= 0.6 is 11.6 Å². The number of benzene rings is 1. The van der Waals surface area contributed by atoms with Crippen LogP contribution in [-0.4, -0.2) is 52.8 Å². The van der Waals surface area contributed by atoms with E-state index in [1.165, 1.54) is 6.20 Å². The van der Waals surface area contributed by atoms with Gasteiger partial charge < -0.3 is 19.3 Å². The molecule has 0 saturated carbocycles. The first kappa shape index (κ1) is 14.9. The minimum Gasteiger partial charge on any atom is -0.478 e. The summed E-state index contributed by atoms with van der Waals surface area (Å²) in [5.74, 6) is -1.12. The Morgan fingerprint density at radius 2 is 2.00 bits per heavy atom. The molecule has 1 fully saturated rings. The molecule has 2 heterocycles. The van der Waals surface area contributed by atoms with Crippen LogP contribution in [0.2, 0.25) is 5.02 Å². The number of carbonyl (C=O) groups is 2. The average molecular weight is 323 g/mol. The van der Waals surface area contributed by atoms with Crippen LogP contribution in [0.25, 0.3) is 10.9 Å². The van der Waals surface area contributed by atoms with E-state index in [1.54, 1.807) is 27.7 Å². The number of hydrogen-bond acceptors (Lipinski definition) is 3. The van der Waals surface area contributed by atoms with Crippen molar-refractivity contribution in [3.05, 3.63) is 35.0 Å². The van der Waals surface area contributed by atoms with Gasteiger partial charge in [-0.15, -0.1) is 0 Å². The van der Waals surface area contributed by atoms with E-state index in [-0.39, 0.29) is 18.0 Å². The van der Waals surface area contributed by atoms with Crippen molar-refractivity contribution < 1.29 is 19.4 Å². The molecule has 6 nitrogen and oxygen atoms in total. The zero-order valence-electron chi connectivity index (χ0n) is 11.8. The third kappa shape index (κ3) is 2.67. The molecule has 0 bridgehead atoms. The smallest absolute Gasteiger partial charge is 0.337 e. The predicted molar refractivity (Wildman–Crippen MR) is 81.3 cm³/mol. The van der Waals surface area contributed by atoms with Gasteiger partial charge in [0.1, 0.15) is 6.54 Å². The molecule has 0 unspecified atom stereocenters. The number of aromatic carboxylic acids is 1. The van der Waals surface area contributed by atoms with Crippen LogP contribution in [0.1, 0.15) is 10.4 Å². The van der Waals surface area contributed by atoms with Crippen LogP contribution in [-0.2, 0) is 16.1 Å². The lowest BCUT2D eigenvalue weighted by atomic mass is 10.2. The van der Waals surface area contributed by atoms with Gasteiger partial charge in [-0.05, 0) is 12.1 Å². The first-order valence-corrected chi connectivity index (χ1v) is 7.32. The van der Waals surface area contributed by atoms with Crippen molar-refractivity contribution in [2.45, 2.75) is 6.54 Å². The van der Waals surface area contributed by atoms with Gasteiger partial charge in [0.05, 0.1) is 29.3 Å². The molecule has 7 heteroatoms. The SMILES string of the molecule is O=C(O)c1cn(CC(=O)N2CCOCC2)c2cccc(Cl)c12. The standard InChI is InChI=1S/C15H15ClN2O4/c16-11-2-1-3-12-14(11)10(15(20)21)8-18(12)9-13(19)17-4-6-22-7-5-17/h1-3,8H,4-7,9H2,(H,20,21). The highest BCUT2D eigenvalue weighted by Gasteiger charge is 2.21. The Morgan fingerprint density at radius 1 is 1.27 bits per heavy atom. The van der Waals surface area contributed by atoms with Gasteiger partial charge in [-0.2, -0.15) is 0 Å². The lowest BCUT2D eigenvalue weighted by molar-refractivity contribution is -0.135. The molecule has 1 aliphatic heterocycles. The van der Waals surface area contributed by atoms with Gasteiger partial charge in [-0.25, -0.2) is 4.79 Å². The Labute approximate surface area is 131 Å². The van der Waals surface area contributed by atoms with Crippen LogP contribution in [0, 0.1) is 0 Å². The maximum absolute atomic E-state index is 12.3. The highest BCUT2D eigenvalue weighted by atomic mass is 35.5. The Bertz CT molecular complexity index is 734. The highest BCUT2D eigenvalue weighted by molar-refractivity contribution is 6.36. The Balaban J connectivity index is 1.95. The molecule has 0 aliphatic carbocycles. The van der Waals surface area contributed by atoms with Gasteiger partial charge in [0.25, 0.3) is 0 Å². The number of carbonyl (C=O) groups excluding carboxylic acids is 1. The molecule has 116 valence electrons. The quantitative estimate of drug-likeness (QED) is 0.936.